The van der Waals surface area contributed by atoms with Crippen molar-refractivity contribution >= 4 is 46.3 Å². The Balaban J connectivity index is 2.07. The summed E-state index contributed by atoms with van der Waals surface area (Å²) in [7, 11) is 0. The predicted molar refractivity (Wildman–Crippen MR) is 91.0 cm³/mol. The zero-order valence-corrected chi connectivity index (χ0v) is 13.9. The van der Waals surface area contributed by atoms with Crippen LogP contribution in [-0.2, 0) is 9.59 Å². The van der Waals surface area contributed by atoms with E-state index in [1.807, 2.05) is 51.1 Å². The van der Waals surface area contributed by atoms with E-state index >= 15 is 0 Å². The number of urea groups is 1. The Morgan fingerprint density at radius 3 is 2.22 bits per heavy atom. The summed E-state index contributed by atoms with van der Waals surface area (Å²) in [6.45, 7) is 5.63. The summed E-state index contributed by atoms with van der Waals surface area (Å²) in [4.78, 5) is 38.2. The first-order valence-corrected chi connectivity index (χ1v) is 7.96. The maximum absolute atomic E-state index is 12.6. The lowest BCUT2D eigenvalue weighted by atomic mass is 10.1. The molecule has 0 atom stereocenters. The molecule has 23 heavy (non-hydrogen) atoms. The molecule has 1 aliphatic rings. The molecule has 1 aliphatic heterocycles. The summed E-state index contributed by atoms with van der Waals surface area (Å²) in [6, 6.07) is 12.2. The summed E-state index contributed by atoms with van der Waals surface area (Å²) < 4.78 is 0.588. The Morgan fingerprint density at radius 1 is 0.870 bits per heavy atom. The van der Waals surface area contributed by atoms with Crippen LogP contribution >= 0.6 is 11.9 Å². The molecule has 5 nitrogen and oxygen atoms in total. The number of fused-ring (bicyclic) bond motifs is 1. The first kappa shape index (κ1) is 15.6. The van der Waals surface area contributed by atoms with Gasteiger partial charge in [0.2, 0.25) is 0 Å². The van der Waals surface area contributed by atoms with Gasteiger partial charge >= 0.3 is 17.8 Å². The number of hydrogen-bond donors (Lipinski definition) is 0. The lowest BCUT2D eigenvalue weighted by Gasteiger charge is -2.23. The molecule has 1 saturated heterocycles. The third-order valence-corrected chi connectivity index (χ3v) is 4.36. The second-order valence-electron chi connectivity index (χ2n) is 6.22. The molecule has 4 amide bonds. The van der Waals surface area contributed by atoms with Crippen molar-refractivity contribution in [2.24, 2.45) is 0 Å². The van der Waals surface area contributed by atoms with Crippen LogP contribution in [0.4, 0.5) is 10.5 Å². The Morgan fingerprint density at radius 2 is 1.52 bits per heavy atom. The maximum Gasteiger partial charge on any atom is 0.349 e. The minimum atomic E-state index is -0.817. The van der Waals surface area contributed by atoms with E-state index in [2.05, 4.69) is 0 Å². The molecule has 6 heteroatoms. The molecule has 2 aromatic rings. The molecule has 1 fully saturated rings. The lowest BCUT2D eigenvalue weighted by molar-refractivity contribution is -0.137. The number of anilines is 1. The Bertz CT molecular complexity index is 821. The van der Waals surface area contributed by atoms with Gasteiger partial charge in [0, 0.05) is 10.1 Å². The minimum absolute atomic E-state index is 0.361. The number of carbonyl (C=O) groups is 3. The number of carbonyl (C=O) groups excluding carboxylic acids is 3. The van der Waals surface area contributed by atoms with Crippen molar-refractivity contribution in [1.29, 1.82) is 0 Å². The first-order chi connectivity index (χ1) is 10.8. The van der Waals surface area contributed by atoms with Gasteiger partial charge in [-0.15, -0.1) is 0 Å². The quantitative estimate of drug-likeness (QED) is 0.480. The van der Waals surface area contributed by atoms with E-state index in [0.29, 0.717) is 5.69 Å². The van der Waals surface area contributed by atoms with E-state index in [0.717, 1.165) is 31.9 Å². The average molecular weight is 328 g/mol. The molecule has 0 bridgehead atoms. The topological polar surface area (TPSA) is 57.7 Å². The third-order valence-electron chi connectivity index (χ3n) is 3.31. The fraction of sp³-hybridized carbons (Fsp3) is 0.235. The summed E-state index contributed by atoms with van der Waals surface area (Å²) in [5.74, 6) is -1.62. The normalized spacial score (nSPS) is 15.9. The number of amides is 4. The van der Waals surface area contributed by atoms with Crippen LogP contribution in [0.25, 0.3) is 10.8 Å². The van der Waals surface area contributed by atoms with Crippen molar-refractivity contribution < 1.29 is 14.4 Å². The van der Waals surface area contributed by atoms with E-state index in [9.17, 15) is 14.4 Å². The fourth-order valence-corrected chi connectivity index (χ4v) is 3.29. The molecule has 1 heterocycles. The highest BCUT2D eigenvalue weighted by molar-refractivity contribution is 7.99. The van der Waals surface area contributed by atoms with Gasteiger partial charge in [-0.2, -0.15) is 4.31 Å². The summed E-state index contributed by atoms with van der Waals surface area (Å²) in [6.07, 6.45) is 0. The second-order valence-corrected chi connectivity index (χ2v) is 8.00. The van der Waals surface area contributed by atoms with Gasteiger partial charge in [0.25, 0.3) is 0 Å². The molecule has 0 aliphatic carbocycles. The number of rotatable bonds is 2. The largest absolute Gasteiger partial charge is 0.349 e. The van der Waals surface area contributed by atoms with Gasteiger partial charge in [-0.3, -0.25) is 9.59 Å². The zero-order chi connectivity index (χ0) is 16.8. The minimum Gasteiger partial charge on any atom is -0.262 e. The van der Waals surface area contributed by atoms with Gasteiger partial charge in [-0.1, -0.05) is 36.4 Å². The van der Waals surface area contributed by atoms with Gasteiger partial charge in [-0.25, -0.2) is 9.69 Å². The van der Waals surface area contributed by atoms with E-state index in [1.54, 1.807) is 12.1 Å². The Hall–Kier alpha value is -2.34. The van der Waals surface area contributed by atoms with Crippen LogP contribution in [-0.4, -0.2) is 26.9 Å². The molecule has 0 radical (unpaired) electrons. The van der Waals surface area contributed by atoms with Crippen molar-refractivity contribution in [2.75, 3.05) is 4.90 Å². The standard InChI is InChI=1S/C17H16N2O3S/c1-17(2,3)23-19-15(21)14(20)18(16(19)22)13-10-6-8-11-7-4-5-9-12(11)13/h4-10H,1-3H3. The molecule has 0 spiro atoms. The van der Waals surface area contributed by atoms with Crippen LogP contribution in [0, 0.1) is 0 Å². The summed E-state index contributed by atoms with van der Waals surface area (Å²) >= 11 is 1.06. The SMILES string of the molecule is CC(C)(C)SN1C(=O)C(=O)N(c2cccc3ccccc23)C1=O. The van der Waals surface area contributed by atoms with Crippen LogP contribution in [0.1, 0.15) is 20.8 Å². The average Bonchev–Trinajstić information content (AvgIpc) is 2.69. The van der Waals surface area contributed by atoms with Gasteiger partial charge in [0.1, 0.15) is 0 Å². The van der Waals surface area contributed by atoms with Crippen molar-refractivity contribution in [2.45, 2.75) is 25.5 Å². The molecular formula is C17H16N2O3S. The van der Waals surface area contributed by atoms with Gasteiger partial charge in [-0.05, 0) is 44.2 Å². The van der Waals surface area contributed by atoms with E-state index in [1.165, 1.54) is 0 Å². The molecule has 3 rings (SSSR count). The highest BCUT2D eigenvalue weighted by atomic mass is 32.2. The molecule has 2 aromatic carbocycles. The highest BCUT2D eigenvalue weighted by Crippen LogP contribution is 2.36. The van der Waals surface area contributed by atoms with Crippen LogP contribution in [0.3, 0.4) is 0 Å². The zero-order valence-electron chi connectivity index (χ0n) is 13.1. The second kappa shape index (κ2) is 5.38. The van der Waals surface area contributed by atoms with Crippen molar-refractivity contribution in [3.8, 4) is 0 Å². The molecule has 118 valence electrons. The van der Waals surface area contributed by atoms with Crippen molar-refractivity contribution in [1.82, 2.24) is 4.31 Å². The summed E-state index contributed by atoms with van der Waals surface area (Å²) in [5, 5.41) is 1.66. The first-order valence-electron chi connectivity index (χ1n) is 7.19. The smallest absolute Gasteiger partial charge is 0.262 e. The van der Waals surface area contributed by atoms with Crippen LogP contribution in [0.5, 0.6) is 0 Å². The molecule has 0 unspecified atom stereocenters. The molecule has 0 N–H and O–H groups in total. The highest BCUT2D eigenvalue weighted by Gasteiger charge is 2.47. The number of benzene rings is 2. The van der Waals surface area contributed by atoms with Crippen LogP contribution < -0.4 is 4.90 Å². The van der Waals surface area contributed by atoms with E-state index in [-0.39, 0.29) is 4.75 Å². The van der Waals surface area contributed by atoms with Gasteiger partial charge in [0.15, 0.2) is 0 Å². The number of hydrogen-bond acceptors (Lipinski definition) is 4. The third kappa shape index (κ3) is 2.70. The monoisotopic (exact) mass is 328 g/mol. The van der Waals surface area contributed by atoms with E-state index in [4.69, 9.17) is 0 Å². The van der Waals surface area contributed by atoms with Crippen molar-refractivity contribution in [3.05, 3.63) is 42.5 Å². The van der Waals surface area contributed by atoms with Gasteiger partial charge in [0.05, 0.1) is 5.69 Å². The van der Waals surface area contributed by atoms with Crippen molar-refractivity contribution in [3.63, 3.8) is 0 Å². The molecular weight excluding hydrogens is 312 g/mol. The van der Waals surface area contributed by atoms with Crippen LogP contribution in [0.2, 0.25) is 0 Å². The van der Waals surface area contributed by atoms with Crippen LogP contribution in [0.15, 0.2) is 42.5 Å². The Kier molecular flexibility index (Phi) is 3.64. The van der Waals surface area contributed by atoms with E-state index < -0.39 is 17.8 Å². The molecule has 0 saturated carbocycles. The van der Waals surface area contributed by atoms with Gasteiger partial charge < -0.3 is 0 Å². The lowest BCUT2D eigenvalue weighted by Crippen LogP contribution is -2.32. The number of imide groups is 2. The Labute approximate surface area is 138 Å². The fourth-order valence-electron chi connectivity index (χ4n) is 2.42. The molecule has 0 aromatic heterocycles. The maximum atomic E-state index is 12.6. The number of nitrogens with zero attached hydrogens (tertiary/aromatic N) is 2. The summed E-state index contributed by atoms with van der Waals surface area (Å²) in [5.41, 5.74) is 0.434. The predicted octanol–water partition coefficient (Wildman–Crippen LogP) is 3.58.